The molecule has 0 radical (unpaired) electrons. The number of rotatable bonds is 4. The van der Waals surface area contributed by atoms with Crippen LogP contribution in [0.2, 0.25) is 0 Å². The molecule has 1 aliphatic rings. The van der Waals surface area contributed by atoms with Crippen LogP contribution in [-0.4, -0.2) is 55.5 Å². The average molecular weight is 174 g/mol. The fourth-order valence-electron chi connectivity index (χ4n) is 1.45. The van der Waals surface area contributed by atoms with Gasteiger partial charge in [0.25, 0.3) is 0 Å². The van der Waals surface area contributed by atoms with E-state index in [-0.39, 0.29) is 12.6 Å². The van der Waals surface area contributed by atoms with Gasteiger partial charge >= 0.3 is 0 Å². The van der Waals surface area contributed by atoms with Crippen LogP contribution in [0.4, 0.5) is 0 Å². The Hall–Kier alpha value is -0.160. The van der Waals surface area contributed by atoms with E-state index in [4.69, 9.17) is 15.6 Å². The Morgan fingerprint density at radius 1 is 1.58 bits per heavy atom. The molecule has 0 saturated carbocycles. The van der Waals surface area contributed by atoms with E-state index < -0.39 is 0 Å². The van der Waals surface area contributed by atoms with Gasteiger partial charge in [-0.1, -0.05) is 0 Å². The largest absolute Gasteiger partial charge is 0.395 e. The van der Waals surface area contributed by atoms with Gasteiger partial charge < -0.3 is 15.6 Å². The number of nitrogens with two attached hydrogens (primary N) is 1. The van der Waals surface area contributed by atoms with Crippen LogP contribution >= 0.6 is 0 Å². The molecule has 0 aromatic rings. The molecule has 0 spiro atoms. The highest BCUT2D eigenvalue weighted by Gasteiger charge is 2.20. The molecule has 1 aliphatic heterocycles. The van der Waals surface area contributed by atoms with Gasteiger partial charge in [0.15, 0.2) is 0 Å². The van der Waals surface area contributed by atoms with Gasteiger partial charge in [-0.3, -0.25) is 4.90 Å². The lowest BCUT2D eigenvalue weighted by molar-refractivity contribution is -0.0273. The molecule has 1 fully saturated rings. The molecule has 0 aromatic heterocycles. The fraction of sp³-hybridized carbons (Fsp3) is 1.00. The molecule has 1 unspecified atom stereocenters. The fourth-order valence-corrected chi connectivity index (χ4v) is 1.45. The molecule has 72 valence electrons. The first kappa shape index (κ1) is 9.92. The Morgan fingerprint density at radius 3 is 3.08 bits per heavy atom. The van der Waals surface area contributed by atoms with Crippen molar-refractivity contribution in [1.82, 2.24) is 4.90 Å². The van der Waals surface area contributed by atoms with Crippen LogP contribution in [-0.2, 0) is 4.74 Å². The summed E-state index contributed by atoms with van der Waals surface area (Å²) in [6, 6.07) is 0.185. The average Bonchev–Trinajstić information content (AvgIpc) is 2.15. The number of hydrogen-bond acceptors (Lipinski definition) is 4. The Labute approximate surface area is 73.3 Å². The van der Waals surface area contributed by atoms with E-state index in [0.717, 1.165) is 32.7 Å². The lowest BCUT2D eigenvalue weighted by atomic mass is 10.2. The van der Waals surface area contributed by atoms with Crippen LogP contribution in [0.3, 0.4) is 0 Å². The van der Waals surface area contributed by atoms with Crippen molar-refractivity contribution in [3.05, 3.63) is 0 Å². The summed E-state index contributed by atoms with van der Waals surface area (Å²) in [6.07, 6.45) is 0.997. The number of nitrogens with zero attached hydrogens (tertiary/aromatic N) is 1. The maximum atomic E-state index is 9.01. The van der Waals surface area contributed by atoms with E-state index in [9.17, 15) is 0 Å². The molecule has 0 bridgehead atoms. The quantitative estimate of drug-likeness (QED) is 0.575. The first-order chi connectivity index (χ1) is 5.88. The topological polar surface area (TPSA) is 58.7 Å². The van der Waals surface area contributed by atoms with Crippen molar-refractivity contribution in [3.8, 4) is 0 Å². The van der Waals surface area contributed by atoms with Gasteiger partial charge in [0.05, 0.1) is 25.9 Å². The van der Waals surface area contributed by atoms with Crippen molar-refractivity contribution < 1.29 is 9.84 Å². The monoisotopic (exact) mass is 174 g/mol. The van der Waals surface area contributed by atoms with Gasteiger partial charge in [0.1, 0.15) is 0 Å². The van der Waals surface area contributed by atoms with E-state index in [2.05, 4.69) is 4.90 Å². The molecule has 1 rings (SSSR count). The standard InChI is InChI=1S/C8H18N2O2/c9-2-1-3-10-4-5-12-7-8(10)6-11/h8,11H,1-7,9H2. The first-order valence-electron chi connectivity index (χ1n) is 4.51. The highest BCUT2D eigenvalue weighted by molar-refractivity contribution is 4.74. The highest BCUT2D eigenvalue weighted by Crippen LogP contribution is 2.06. The second-order valence-electron chi connectivity index (χ2n) is 3.09. The summed E-state index contributed by atoms with van der Waals surface area (Å²) in [4.78, 5) is 2.25. The molecule has 1 atom stereocenters. The van der Waals surface area contributed by atoms with Gasteiger partial charge in [-0.05, 0) is 19.5 Å². The summed E-state index contributed by atoms with van der Waals surface area (Å²) in [5.41, 5.74) is 5.41. The third-order valence-electron chi connectivity index (χ3n) is 2.21. The van der Waals surface area contributed by atoms with Crippen LogP contribution in [0.1, 0.15) is 6.42 Å². The summed E-state index contributed by atoms with van der Waals surface area (Å²) >= 11 is 0. The van der Waals surface area contributed by atoms with E-state index in [1.807, 2.05) is 0 Å². The summed E-state index contributed by atoms with van der Waals surface area (Å²) < 4.78 is 5.25. The number of hydrogen-bond donors (Lipinski definition) is 2. The van der Waals surface area contributed by atoms with Crippen LogP contribution in [0, 0.1) is 0 Å². The molecular formula is C8H18N2O2. The minimum Gasteiger partial charge on any atom is -0.395 e. The first-order valence-corrected chi connectivity index (χ1v) is 4.51. The third-order valence-corrected chi connectivity index (χ3v) is 2.21. The van der Waals surface area contributed by atoms with Crippen molar-refractivity contribution in [2.24, 2.45) is 5.73 Å². The minimum atomic E-state index is 0.185. The van der Waals surface area contributed by atoms with Crippen molar-refractivity contribution in [1.29, 1.82) is 0 Å². The third kappa shape index (κ3) is 2.71. The number of ether oxygens (including phenoxy) is 1. The maximum Gasteiger partial charge on any atom is 0.0644 e. The molecule has 3 N–H and O–H groups in total. The van der Waals surface area contributed by atoms with Crippen molar-refractivity contribution in [2.75, 3.05) is 39.5 Å². The van der Waals surface area contributed by atoms with E-state index in [1.165, 1.54) is 0 Å². The van der Waals surface area contributed by atoms with Gasteiger partial charge in [-0.2, -0.15) is 0 Å². The molecular weight excluding hydrogens is 156 g/mol. The second-order valence-corrected chi connectivity index (χ2v) is 3.09. The van der Waals surface area contributed by atoms with Gasteiger partial charge in [-0.25, -0.2) is 0 Å². The summed E-state index contributed by atoms with van der Waals surface area (Å²) in [5.74, 6) is 0. The van der Waals surface area contributed by atoms with E-state index in [1.54, 1.807) is 0 Å². The Bertz CT molecular complexity index is 122. The zero-order chi connectivity index (χ0) is 8.81. The predicted octanol–water partition coefficient (Wildman–Crippen LogP) is -0.972. The van der Waals surface area contributed by atoms with Gasteiger partial charge in [0, 0.05) is 6.54 Å². The molecule has 4 heteroatoms. The van der Waals surface area contributed by atoms with Crippen LogP contribution < -0.4 is 5.73 Å². The Morgan fingerprint density at radius 2 is 2.42 bits per heavy atom. The zero-order valence-corrected chi connectivity index (χ0v) is 7.41. The number of aliphatic hydroxyl groups excluding tert-OH is 1. The maximum absolute atomic E-state index is 9.01. The minimum absolute atomic E-state index is 0.185. The van der Waals surface area contributed by atoms with Gasteiger partial charge in [-0.15, -0.1) is 0 Å². The van der Waals surface area contributed by atoms with E-state index >= 15 is 0 Å². The summed E-state index contributed by atoms with van der Waals surface area (Å²) in [6.45, 7) is 4.23. The predicted molar refractivity (Wildman–Crippen MR) is 46.9 cm³/mol. The number of morpholine rings is 1. The Kier molecular flexibility index (Phi) is 4.53. The summed E-state index contributed by atoms with van der Waals surface area (Å²) in [5, 5.41) is 9.01. The normalized spacial score (nSPS) is 26.0. The highest BCUT2D eigenvalue weighted by atomic mass is 16.5. The van der Waals surface area contributed by atoms with Gasteiger partial charge in [0.2, 0.25) is 0 Å². The summed E-state index contributed by atoms with van der Waals surface area (Å²) in [7, 11) is 0. The zero-order valence-electron chi connectivity index (χ0n) is 7.41. The molecule has 1 heterocycles. The van der Waals surface area contributed by atoms with Crippen LogP contribution in [0.25, 0.3) is 0 Å². The van der Waals surface area contributed by atoms with Crippen molar-refractivity contribution in [3.63, 3.8) is 0 Å². The molecule has 12 heavy (non-hydrogen) atoms. The van der Waals surface area contributed by atoms with Crippen LogP contribution in [0.5, 0.6) is 0 Å². The SMILES string of the molecule is NCCCN1CCOCC1CO. The van der Waals surface area contributed by atoms with Crippen LogP contribution in [0.15, 0.2) is 0 Å². The molecule has 1 saturated heterocycles. The smallest absolute Gasteiger partial charge is 0.0644 e. The molecule has 0 aliphatic carbocycles. The van der Waals surface area contributed by atoms with E-state index in [0.29, 0.717) is 6.61 Å². The lowest BCUT2D eigenvalue weighted by Crippen LogP contribution is -2.48. The molecule has 4 nitrogen and oxygen atoms in total. The second kappa shape index (κ2) is 5.48. The van der Waals surface area contributed by atoms with Crippen molar-refractivity contribution in [2.45, 2.75) is 12.5 Å². The molecule has 0 amide bonds. The number of aliphatic hydroxyl groups is 1. The van der Waals surface area contributed by atoms with Crippen molar-refractivity contribution >= 4 is 0 Å². The Balaban J connectivity index is 2.26. The lowest BCUT2D eigenvalue weighted by Gasteiger charge is -2.34. The molecule has 0 aromatic carbocycles.